The standard InChI is InChI=1S/C17H22N4O3/c1-10(2)20-17(21-16(18)11(3)9-19-21)15(22)13-7-6-12(23-4)8-14(13)24-5/h6-10H,18H2,1-5H3/b20-17+. The van der Waals surface area contributed by atoms with Gasteiger partial charge in [0.15, 0.2) is 5.84 Å². The van der Waals surface area contributed by atoms with Gasteiger partial charge in [0.05, 0.1) is 26.0 Å². The van der Waals surface area contributed by atoms with Crippen molar-refractivity contribution in [1.29, 1.82) is 0 Å². The third kappa shape index (κ3) is 3.40. The van der Waals surface area contributed by atoms with Crippen LogP contribution < -0.4 is 15.2 Å². The van der Waals surface area contributed by atoms with Gasteiger partial charge in [0.25, 0.3) is 0 Å². The first-order valence-corrected chi connectivity index (χ1v) is 7.54. The SMILES string of the molecule is COc1ccc(C(=O)/C(=N\C(C)C)n2ncc(C)c2N)c(OC)c1. The van der Waals surface area contributed by atoms with E-state index in [4.69, 9.17) is 15.2 Å². The molecule has 1 heterocycles. The number of hydrogen-bond acceptors (Lipinski definition) is 6. The van der Waals surface area contributed by atoms with Crippen LogP contribution >= 0.6 is 0 Å². The van der Waals surface area contributed by atoms with Crippen LogP contribution in [0.5, 0.6) is 11.5 Å². The van der Waals surface area contributed by atoms with Gasteiger partial charge in [-0.05, 0) is 32.9 Å². The van der Waals surface area contributed by atoms with E-state index in [9.17, 15) is 4.79 Å². The lowest BCUT2D eigenvalue weighted by atomic mass is 10.1. The molecule has 2 aromatic rings. The van der Waals surface area contributed by atoms with Crippen LogP contribution in [0.2, 0.25) is 0 Å². The number of methoxy groups -OCH3 is 2. The molecule has 0 amide bonds. The summed E-state index contributed by atoms with van der Waals surface area (Å²) in [4.78, 5) is 17.5. The van der Waals surface area contributed by atoms with E-state index in [0.29, 0.717) is 22.9 Å². The molecule has 0 unspecified atom stereocenters. The molecule has 24 heavy (non-hydrogen) atoms. The van der Waals surface area contributed by atoms with Gasteiger partial charge in [-0.25, -0.2) is 0 Å². The highest BCUT2D eigenvalue weighted by Gasteiger charge is 2.23. The van der Waals surface area contributed by atoms with Crippen LogP contribution in [0.3, 0.4) is 0 Å². The van der Waals surface area contributed by atoms with E-state index in [1.807, 2.05) is 20.8 Å². The molecule has 0 aliphatic heterocycles. The number of anilines is 1. The summed E-state index contributed by atoms with van der Waals surface area (Å²) in [7, 11) is 3.05. The Morgan fingerprint density at radius 1 is 1.29 bits per heavy atom. The fourth-order valence-corrected chi connectivity index (χ4v) is 2.17. The molecule has 7 nitrogen and oxygen atoms in total. The van der Waals surface area contributed by atoms with Gasteiger partial charge in [0.1, 0.15) is 17.3 Å². The second-order valence-corrected chi connectivity index (χ2v) is 5.57. The second-order valence-electron chi connectivity index (χ2n) is 5.57. The van der Waals surface area contributed by atoms with E-state index in [0.717, 1.165) is 5.56 Å². The molecule has 2 N–H and O–H groups in total. The molecule has 0 radical (unpaired) electrons. The minimum absolute atomic E-state index is 0.0999. The van der Waals surface area contributed by atoms with Crippen molar-refractivity contribution in [3.05, 3.63) is 35.5 Å². The van der Waals surface area contributed by atoms with Crippen LogP contribution in [0, 0.1) is 6.92 Å². The summed E-state index contributed by atoms with van der Waals surface area (Å²) in [5, 5.41) is 4.18. The Balaban J connectivity index is 2.56. The molecule has 0 saturated heterocycles. The lowest BCUT2D eigenvalue weighted by Gasteiger charge is -2.13. The first-order valence-electron chi connectivity index (χ1n) is 7.54. The summed E-state index contributed by atoms with van der Waals surface area (Å²) in [6.07, 6.45) is 1.60. The fourth-order valence-electron chi connectivity index (χ4n) is 2.17. The molecule has 0 aliphatic carbocycles. The largest absolute Gasteiger partial charge is 0.497 e. The highest BCUT2D eigenvalue weighted by molar-refractivity contribution is 6.46. The third-order valence-corrected chi connectivity index (χ3v) is 3.44. The Hall–Kier alpha value is -2.83. The molecular formula is C17H22N4O3. The maximum absolute atomic E-state index is 13.1. The smallest absolute Gasteiger partial charge is 0.233 e. The molecule has 0 saturated carbocycles. The van der Waals surface area contributed by atoms with Crippen molar-refractivity contribution in [3.63, 3.8) is 0 Å². The number of ketones is 1. The van der Waals surface area contributed by atoms with Crippen molar-refractivity contribution >= 4 is 17.4 Å². The number of rotatable bonds is 5. The average molecular weight is 330 g/mol. The molecule has 0 atom stereocenters. The molecule has 0 bridgehead atoms. The summed E-state index contributed by atoms with van der Waals surface area (Å²) >= 11 is 0. The number of nitrogen functional groups attached to an aromatic ring is 1. The van der Waals surface area contributed by atoms with E-state index in [1.54, 1.807) is 31.5 Å². The van der Waals surface area contributed by atoms with Gasteiger partial charge in [-0.15, -0.1) is 0 Å². The number of aryl methyl sites for hydroxylation is 1. The third-order valence-electron chi connectivity index (χ3n) is 3.44. The number of Topliss-reactive ketones (excluding diaryl/α,β-unsaturated/α-hetero) is 1. The average Bonchev–Trinajstić information content (AvgIpc) is 2.90. The van der Waals surface area contributed by atoms with E-state index < -0.39 is 0 Å². The number of benzene rings is 1. The van der Waals surface area contributed by atoms with Crippen molar-refractivity contribution in [2.24, 2.45) is 4.99 Å². The van der Waals surface area contributed by atoms with Gasteiger partial charge < -0.3 is 15.2 Å². The minimum atomic E-state index is -0.321. The van der Waals surface area contributed by atoms with Crippen LogP contribution in [-0.4, -0.2) is 41.7 Å². The van der Waals surface area contributed by atoms with E-state index in [-0.39, 0.29) is 17.7 Å². The summed E-state index contributed by atoms with van der Waals surface area (Å²) in [6.45, 7) is 5.58. The molecule has 0 fully saturated rings. The molecule has 128 valence electrons. The molecular weight excluding hydrogens is 308 g/mol. The molecule has 0 spiro atoms. The van der Waals surface area contributed by atoms with E-state index >= 15 is 0 Å². The number of aromatic nitrogens is 2. The Bertz CT molecular complexity index is 778. The van der Waals surface area contributed by atoms with Crippen LogP contribution in [-0.2, 0) is 0 Å². The predicted octanol–water partition coefficient (Wildman–Crippen LogP) is 2.33. The van der Waals surface area contributed by atoms with Crippen LogP contribution in [0.4, 0.5) is 5.82 Å². The highest BCUT2D eigenvalue weighted by atomic mass is 16.5. The normalized spacial score (nSPS) is 11.7. The monoisotopic (exact) mass is 330 g/mol. The lowest BCUT2D eigenvalue weighted by Crippen LogP contribution is -2.27. The predicted molar refractivity (Wildman–Crippen MR) is 93.2 cm³/mol. The summed E-state index contributed by atoms with van der Waals surface area (Å²) in [5.41, 5.74) is 7.17. The number of hydrogen-bond donors (Lipinski definition) is 1. The molecule has 2 rings (SSSR count). The molecule has 0 aliphatic rings. The van der Waals surface area contributed by atoms with Crippen LogP contribution in [0.1, 0.15) is 29.8 Å². The van der Waals surface area contributed by atoms with Crippen molar-refractivity contribution in [2.45, 2.75) is 26.8 Å². The number of nitrogens with two attached hydrogens (primary N) is 1. The summed E-state index contributed by atoms with van der Waals surface area (Å²) in [6, 6.07) is 4.89. The van der Waals surface area contributed by atoms with Gasteiger partial charge in [-0.2, -0.15) is 9.78 Å². The topological polar surface area (TPSA) is 91.7 Å². The highest BCUT2D eigenvalue weighted by Crippen LogP contribution is 2.26. The Morgan fingerprint density at radius 3 is 2.50 bits per heavy atom. The van der Waals surface area contributed by atoms with Gasteiger partial charge >= 0.3 is 0 Å². The maximum Gasteiger partial charge on any atom is 0.233 e. The first kappa shape index (κ1) is 17.5. The van der Waals surface area contributed by atoms with Crippen molar-refractivity contribution in [3.8, 4) is 11.5 Å². The van der Waals surface area contributed by atoms with Crippen molar-refractivity contribution in [1.82, 2.24) is 9.78 Å². The zero-order valence-electron chi connectivity index (χ0n) is 14.5. The molecule has 1 aromatic carbocycles. The zero-order chi connectivity index (χ0) is 17.9. The van der Waals surface area contributed by atoms with Crippen LogP contribution in [0.15, 0.2) is 29.4 Å². The molecule has 1 aromatic heterocycles. The van der Waals surface area contributed by atoms with Gasteiger partial charge in [0, 0.05) is 17.7 Å². The van der Waals surface area contributed by atoms with Crippen molar-refractivity contribution in [2.75, 3.05) is 20.0 Å². The Labute approximate surface area is 141 Å². The van der Waals surface area contributed by atoms with Crippen LogP contribution in [0.25, 0.3) is 0 Å². The number of carbonyl (C=O) groups is 1. The minimum Gasteiger partial charge on any atom is -0.497 e. The number of ether oxygens (including phenoxy) is 2. The van der Waals surface area contributed by atoms with Gasteiger partial charge in [-0.3, -0.25) is 9.79 Å². The maximum atomic E-state index is 13.1. The first-order chi connectivity index (χ1) is 11.4. The zero-order valence-corrected chi connectivity index (χ0v) is 14.5. The van der Waals surface area contributed by atoms with Gasteiger partial charge in [-0.1, -0.05) is 0 Å². The van der Waals surface area contributed by atoms with E-state index in [2.05, 4.69) is 10.1 Å². The number of nitrogens with zero attached hydrogens (tertiary/aromatic N) is 3. The van der Waals surface area contributed by atoms with Gasteiger partial charge in [0.2, 0.25) is 5.78 Å². The second kappa shape index (κ2) is 7.16. The Kier molecular flexibility index (Phi) is 5.23. The quantitative estimate of drug-likeness (QED) is 0.516. The summed E-state index contributed by atoms with van der Waals surface area (Å²) in [5.74, 6) is 1.21. The van der Waals surface area contributed by atoms with Crippen molar-refractivity contribution < 1.29 is 14.3 Å². The molecule has 7 heteroatoms. The Morgan fingerprint density at radius 2 is 2.00 bits per heavy atom. The summed E-state index contributed by atoms with van der Waals surface area (Å²) < 4.78 is 11.8. The fraction of sp³-hybridized carbons (Fsp3) is 0.353. The van der Waals surface area contributed by atoms with E-state index in [1.165, 1.54) is 11.8 Å². The number of aliphatic imine (C=N–C) groups is 1. The number of carbonyl (C=O) groups excluding carboxylic acids is 1. The lowest BCUT2D eigenvalue weighted by molar-refractivity contribution is 0.105.